The van der Waals surface area contributed by atoms with Crippen LogP contribution in [-0.4, -0.2) is 74.3 Å². The standard InChI is InChI=1S/C18H27N3O6.CH3F/c1-14(22)19-9-12-26-18(7-2-3-8-18)27-13-10-20-15(23)6-11-21-16(24)4-5-17(21)25;1-2/h4-5H,2-3,6-13H2,1H3,(H,19,22)(H,20,23);1H3. The van der Waals surface area contributed by atoms with Crippen LogP contribution in [0.15, 0.2) is 12.2 Å². The van der Waals surface area contributed by atoms with Crippen molar-refractivity contribution in [3.8, 4) is 0 Å². The van der Waals surface area contributed by atoms with E-state index >= 15 is 0 Å². The molecule has 0 spiro atoms. The van der Waals surface area contributed by atoms with Gasteiger partial charge < -0.3 is 20.1 Å². The number of carbonyl (C=O) groups is 4. The summed E-state index contributed by atoms with van der Waals surface area (Å²) in [5.41, 5.74) is 0. The van der Waals surface area contributed by atoms with E-state index in [1.165, 1.54) is 19.1 Å². The molecule has 4 amide bonds. The maximum atomic E-state index is 11.9. The van der Waals surface area contributed by atoms with Crippen LogP contribution in [0.5, 0.6) is 0 Å². The van der Waals surface area contributed by atoms with E-state index in [-0.39, 0.29) is 24.8 Å². The zero-order valence-corrected chi connectivity index (χ0v) is 17.0. The van der Waals surface area contributed by atoms with Crippen molar-refractivity contribution < 1.29 is 33.0 Å². The molecule has 0 atom stereocenters. The van der Waals surface area contributed by atoms with Gasteiger partial charge in [-0.2, -0.15) is 0 Å². The minimum Gasteiger partial charge on any atom is -0.354 e. The van der Waals surface area contributed by atoms with Crippen molar-refractivity contribution in [2.24, 2.45) is 0 Å². The monoisotopic (exact) mass is 415 g/mol. The number of alkyl halides is 1. The van der Waals surface area contributed by atoms with Crippen LogP contribution in [-0.2, 0) is 28.7 Å². The normalized spacial score (nSPS) is 17.1. The fourth-order valence-electron chi connectivity index (χ4n) is 3.09. The summed E-state index contributed by atoms with van der Waals surface area (Å²) in [6, 6.07) is 0. The summed E-state index contributed by atoms with van der Waals surface area (Å²) in [5.74, 6) is -1.79. The molecule has 0 aromatic carbocycles. The van der Waals surface area contributed by atoms with Crippen molar-refractivity contribution in [1.82, 2.24) is 15.5 Å². The van der Waals surface area contributed by atoms with Gasteiger partial charge >= 0.3 is 0 Å². The van der Waals surface area contributed by atoms with E-state index in [4.69, 9.17) is 9.47 Å². The second-order valence-electron chi connectivity index (χ2n) is 6.56. The molecule has 0 radical (unpaired) electrons. The zero-order chi connectivity index (χ0) is 21.7. The number of halogens is 1. The summed E-state index contributed by atoms with van der Waals surface area (Å²) in [4.78, 5) is 46.6. The maximum Gasteiger partial charge on any atom is 0.253 e. The van der Waals surface area contributed by atoms with Gasteiger partial charge in [0, 0.05) is 58.0 Å². The van der Waals surface area contributed by atoms with Crippen LogP contribution < -0.4 is 10.6 Å². The van der Waals surface area contributed by atoms with Gasteiger partial charge in [-0.3, -0.25) is 28.5 Å². The van der Waals surface area contributed by atoms with Gasteiger partial charge in [-0.15, -0.1) is 0 Å². The first-order valence-electron chi connectivity index (χ1n) is 9.62. The Labute approximate surface area is 170 Å². The lowest BCUT2D eigenvalue weighted by atomic mass is 10.2. The average molecular weight is 415 g/mol. The third-order valence-corrected chi connectivity index (χ3v) is 4.46. The zero-order valence-electron chi connectivity index (χ0n) is 17.0. The van der Waals surface area contributed by atoms with E-state index in [0.717, 1.165) is 30.6 Å². The van der Waals surface area contributed by atoms with E-state index in [0.29, 0.717) is 33.5 Å². The van der Waals surface area contributed by atoms with E-state index in [2.05, 4.69) is 10.6 Å². The molecule has 0 aromatic rings. The first-order valence-corrected chi connectivity index (χ1v) is 9.62. The predicted octanol–water partition coefficient (Wildman–Crippen LogP) is 0.443. The molecule has 0 saturated heterocycles. The van der Waals surface area contributed by atoms with Crippen molar-refractivity contribution in [3.63, 3.8) is 0 Å². The molecule has 2 N–H and O–H groups in total. The van der Waals surface area contributed by atoms with Gasteiger partial charge in [-0.05, 0) is 12.8 Å². The lowest BCUT2D eigenvalue weighted by Crippen LogP contribution is -2.39. The first kappa shape index (κ1) is 24.7. The highest BCUT2D eigenvalue weighted by molar-refractivity contribution is 6.13. The van der Waals surface area contributed by atoms with Gasteiger partial charge in [-0.25, -0.2) is 0 Å². The number of nitrogens with one attached hydrogen (secondary N) is 2. The highest BCUT2D eigenvalue weighted by Crippen LogP contribution is 2.34. The number of nitrogens with zero attached hydrogens (tertiary/aromatic N) is 1. The summed E-state index contributed by atoms with van der Waals surface area (Å²) < 4.78 is 21.2. The second kappa shape index (κ2) is 13.0. The van der Waals surface area contributed by atoms with Crippen LogP contribution in [0.4, 0.5) is 4.39 Å². The van der Waals surface area contributed by atoms with E-state index in [1.54, 1.807) is 0 Å². The van der Waals surface area contributed by atoms with Gasteiger partial charge in [0.1, 0.15) is 0 Å². The van der Waals surface area contributed by atoms with Crippen LogP contribution in [0, 0.1) is 0 Å². The number of hydrogen-bond acceptors (Lipinski definition) is 6. The maximum absolute atomic E-state index is 11.9. The molecule has 1 saturated carbocycles. The molecule has 2 aliphatic rings. The lowest BCUT2D eigenvalue weighted by molar-refractivity contribution is -0.230. The van der Waals surface area contributed by atoms with Crippen molar-refractivity contribution in [2.75, 3.05) is 40.0 Å². The summed E-state index contributed by atoms with van der Waals surface area (Å²) in [6.07, 6.45) is 6.04. The summed E-state index contributed by atoms with van der Waals surface area (Å²) >= 11 is 0. The number of amides is 4. The minimum atomic E-state index is -0.650. The Bertz CT molecular complexity index is 587. The smallest absolute Gasteiger partial charge is 0.253 e. The van der Waals surface area contributed by atoms with Gasteiger partial charge in [0.25, 0.3) is 11.8 Å². The molecule has 0 aromatic heterocycles. The topological polar surface area (TPSA) is 114 Å². The summed E-state index contributed by atoms with van der Waals surface area (Å²) in [6.45, 7) is 2.94. The van der Waals surface area contributed by atoms with Gasteiger partial charge in [-0.1, -0.05) is 0 Å². The number of carbonyl (C=O) groups excluding carboxylic acids is 4. The van der Waals surface area contributed by atoms with Crippen molar-refractivity contribution in [3.05, 3.63) is 12.2 Å². The van der Waals surface area contributed by atoms with Crippen LogP contribution >= 0.6 is 0 Å². The molecule has 10 heteroatoms. The molecule has 1 aliphatic carbocycles. The van der Waals surface area contributed by atoms with Crippen LogP contribution in [0.2, 0.25) is 0 Å². The number of ether oxygens (including phenoxy) is 2. The van der Waals surface area contributed by atoms with Crippen molar-refractivity contribution in [1.29, 1.82) is 0 Å². The number of hydrogen-bond donors (Lipinski definition) is 2. The van der Waals surface area contributed by atoms with E-state index in [1.807, 2.05) is 0 Å². The van der Waals surface area contributed by atoms with Crippen molar-refractivity contribution in [2.45, 2.75) is 44.8 Å². The Morgan fingerprint density at radius 2 is 1.55 bits per heavy atom. The Morgan fingerprint density at radius 1 is 1.03 bits per heavy atom. The fourth-order valence-corrected chi connectivity index (χ4v) is 3.09. The SMILES string of the molecule is CC(=O)NCCOC1(OCCNC(=O)CCN2C(=O)C=CC2=O)CCCC1.CF. The molecular formula is C19H30FN3O6. The molecule has 0 unspecified atom stereocenters. The van der Waals surface area contributed by atoms with Gasteiger partial charge in [0.05, 0.1) is 20.4 Å². The molecule has 1 fully saturated rings. The first-order chi connectivity index (χ1) is 13.9. The van der Waals surface area contributed by atoms with E-state index in [9.17, 15) is 23.6 Å². The van der Waals surface area contributed by atoms with Crippen LogP contribution in [0.25, 0.3) is 0 Å². The molecule has 9 nitrogen and oxygen atoms in total. The largest absolute Gasteiger partial charge is 0.354 e. The molecule has 164 valence electrons. The van der Waals surface area contributed by atoms with Crippen LogP contribution in [0.3, 0.4) is 0 Å². The second-order valence-corrected chi connectivity index (χ2v) is 6.56. The third kappa shape index (κ3) is 8.70. The Hall–Kier alpha value is -2.33. The highest BCUT2D eigenvalue weighted by atomic mass is 19.1. The lowest BCUT2D eigenvalue weighted by Gasteiger charge is -2.29. The van der Waals surface area contributed by atoms with Crippen LogP contribution in [0.1, 0.15) is 39.0 Å². The molecule has 2 rings (SSSR count). The van der Waals surface area contributed by atoms with Gasteiger partial charge in [0.2, 0.25) is 11.8 Å². The minimum absolute atomic E-state index is 0.0531. The number of rotatable bonds is 11. The molecule has 1 heterocycles. The predicted molar refractivity (Wildman–Crippen MR) is 102 cm³/mol. The summed E-state index contributed by atoms with van der Waals surface area (Å²) in [7, 11) is 0.500. The Kier molecular flexibility index (Phi) is 11.1. The number of imide groups is 1. The van der Waals surface area contributed by atoms with Crippen molar-refractivity contribution >= 4 is 23.6 Å². The quantitative estimate of drug-likeness (QED) is 0.288. The molecule has 1 aliphatic heterocycles. The fraction of sp³-hybridized carbons (Fsp3) is 0.684. The average Bonchev–Trinajstić information content (AvgIpc) is 3.30. The summed E-state index contributed by atoms with van der Waals surface area (Å²) in [5, 5.41) is 5.39. The third-order valence-electron chi connectivity index (χ3n) is 4.46. The Balaban J connectivity index is 0.00000204. The van der Waals surface area contributed by atoms with Gasteiger partial charge in [0.15, 0.2) is 5.79 Å². The molecular weight excluding hydrogens is 385 g/mol. The molecule has 29 heavy (non-hydrogen) atoms. The Morgan fingerprint density at radius 3 is 2.07 bits per heavy atom. The van der Waals surface area contributed by atoms with E-state index < -0.39 is 17.6 Å². The molecule has 0 bridgehead atoms. The highest BCUT2D eigenvalue weighted by Gasteiger charge is 2.35.